The van der Waals surface area contributed by atoms with E-state index in [9.17, 15) is 14.4 Å². The van der Waals surface area contributed by atoms with E-state index in [0.29, 0.717) is 6.54 Å². The number of rotatable bonds is 4. The van der Waals surface area contributed by atoms with Crippen LogP contribution in [0.5, 0.6) is 0 Å². The van der Waals surface area contributed by atoms with E-state index in [0.717, 1.165) is 32.1 Å². The topological polar surface area (TPSA) is 70.3 Å². The number of carbonyl (C=O) groups excluding carboxylic acids is 1. The van der Waals surface area contributed by atoms with Crippen LogP contribution >= 0.6 is 0 Å². The van der Waals surface area contributed by atoms with Gasteiger partial charge in [0.15, 0.2) is 0 Å². The van der Waals surface area contributed by atoms with Crippen molar-refractivity contribution in [3.63, 3.8) is 0 Å². The molecule has 1 aromatic rings. The molecule has 0 radical (unpaired) electrons. The molecule has 1 aromatic heterocycles. The van der Waals surface area contributed by atoms with Crippen molar-refractivity contribution in [3.8, 4) is 0 Å². The number of hydrogen-bond donors (Lipinski definition) is 0. The van der Waals surface area contributed by atoms with Gasteiger partial charge in [0.25, 0.3) is 5.56 Å². The fourth-order valence-electron chi connectivity index (χ4n) is 2.86. The smallest absolute Gasteiger partial charge is 0.345 e. The maximum absolute atomic E-state index is 12.5. The SMILES string of the molecule is CCOC(=O)c1cn(CC)c(=O)n(C2CCCCC2)c1=O. The molecule has 0 N–H and O–H groups in total. The molecule has 21 heavy (non-hydrogen) atoms. The number of aromatic nitrogens is 2. The molecule has 1 fully saturated rings. The second-order valence-corrected chi connectivity index (χ2v) is 5.30. The summed E-state index contributed by atoms with van der Waals surface area (Å²) in [5, 5.41) is 0. The number of aryl methyl sites for hydroxylation is 1. The Morgan fingerprint density at radius 1 is 1.24 bits per heavy atom. The maximum atomic E-state index is 12.5. The molecule has 0 bridgehead atoms. The summed E-state index contributed by atoms with van der Waals surface area (Å²) in [5.74, 6) is -0.658. The van der Waals surface area contributed by atoms with Gasteiger partial charge in [-0.15, -0.1) is 0 Å². The van der Waals surface area contributed by atoms with Crippen LogP contribution in [0.4, 0.5) is 0 Å². The van der Waals surface area contributed by atoms with Gasteiger partial charge < -0.3 is 4.74 Å². The van der Waals surface area contributed by atoms with E-state index in [-0.39, 0.29) is 23.9 Å². The highest BCUT2D eigenvalue weighted by atomic mass is 16.5. The monoisotopic (exact) mass is 294 g/mol. The lowest BCUT2D eigenvalue weighted by molar-refractivity contribution is 0.0521. The fraction of sp³-hybridized carbons (Fsp3) is 0.667. The van der Waals surface area contributed by atoms with Crippen molar-refractivity contribution in [1.82, 2.24) is 9.13 Å². The largest absolute Gasteiger partial charge is 0.462 e. The van der Waals surface area contributed by atoms with Crippen LogP contribution in [0.2, 0.25) is 0 Å². The van der Waals surface area contributed by atoms with E-state index in [2.05, 4.69) is 0 Å². The minimum absolute atomic E-state index is 0.0520. The molecule has 2 rings (SSSR count). The molecule has 0 amide bonds. The zero-order valence-corrected chi connectivity index (χ0v) is 12.6. The second-order valence-electron chi connectivity index (χ2n) is 5.30. The summed E-state index contributed by atoms with van der Waals surface area (Å²) in [4.78, 5) is 36.9. The van der Waals surface area contributed by atoms with Crippen LogP contribution in [0.15, 0.2) is 15.8 Å². The zero-order valence-electron chi connectivity index (χ0n) is 12.6. The molecule has 0 spiro atoms. The van der Waals surface area contributed by atoms with Gasteiger partial charge in [0.05, 0.1) is 6.61 Å². The molecule has 1 saturated carbocycles. The Balaban J connectivity index is 2.56. The summed E-state index contributed by atoms with van der Waals surface area (Å²) < 4.78 is 7.59. The predicted octanol–water partition coefficient (Wildman–Crippen LogP) is 1.71. The molecule has 116 valence electrons. The first-order valence-electron chi connectivity index (χ1n) is 7.63. The lowest BCUT2D eigenvalue weighted by Crippen LogP contribution is -2.44. The first-order chi connectivity index (χ1) is 10.1. The first-order valence-corrected chi connectivity index (χ1v) is 7.63. The van der Waals surface area contributed by atoms with Crippen molar-refractivity contribution in [2.45, 2.75) is 58.5 Å². The predicted molar refractivity (Wildman–Crippen MR) is 78.7 cm³/mol. The number of nitrogens with zero attached hydrogens (tertiary/aromatic N) is 2. The van der Waals surface area contributed by atoms with Crippen molar-refractivity contribution in [2.24, 2.45) is 0 Å². The average Bonchev–Trinajstić information content (AvgIpc) is 2.49. The van der Waals surface area contributed by atoms with E-state index < -0.39 is 11.5 Å². The zero-order chi connectivity index (χ0) is 15.4. The van der Waals surface area contributed by atoms with Crippen molar-refractivity contribution in [3.05, 3.63) is 32.6 Å². The van der Waals surface area contributed by atoms with Gasteiger partial charge in [0, 0.05) is 18.8 Å². The second kappa shape index (κ2) is 6.74. The number of ether oxygens (including phenoxy) is 1. The summed E-state index contributed by atoms with van der Waals surface area (Å²) in [6, 6.07) is -0.106. The molecule has 0 saturated heterocycles. The van der Waals surface area contributed by atoms with Gasteiger partial charge in [0.1, 0.15) is 5.56 Å². The Morgan fingerprint density at radius 3 is 2.48 bits per heavy atom. The van der Waals surface area contributed by atoms with Gasteiger partial charge >= 0.3 is 11.7 Å². The number of hydrogen-bond acceptors (Lipinski definition) is 4. The van der Waals surface area contributed by atoms with Crippen molar-refractivity contribution < 1.29 is 9.53 Å². The molecule has 0 aromatic carbocycles. The third kappa shape index (κ3) is 3.09. The van der Waals surface area contributed by atoms with Crippen LogP contribution in [0.25, 0.3) is 0 Å². The molecule has 6 nitrogen and oxygen atoms in total. The summed E-state index contributed by atoms with van der Waals surface area (Å²) in [6.45, 7) is 4.12. The van der Waals surface area contributed by atoms with Crippen LogP contribution in [0, 0.1) is 0 Å². The highest BCUT2D eigenvalue weighted by molar-refractivity contribution is 5.88. The lowest BCUT2D eigenvalue weighted by atomic mass is 9.95. The van der Waals surface area contributed by atoms with Crippen LogP contribution in [-0.4, -0.2) is 21.7 Å². The quantitative estimate of drug-likeness (QED) is 0.793. The minimum Gasteiger partial charge on any atom is -0.462 e. The fourth-order valence-corrected chi connectivity index (χ4v) is 2.86. The molecular weight excluding hydrogens is 272 g/mol. The van der Waals surface area contributed by atoms with Crippen LogP contribution in [-0.2, 0) is 11.3 Å². The Bertz CT molecular complexity index is 624. The first kappa shape index (κ1) is 15.5. The highest BCUT2D eigenvalue weighted by Crippen LogP contribution is 2.25. The lowest BCUT2D eigenvalue weighted by Gasteiger charge is -2.24. The molecule has 0 aliphatic heterocycles. The summed E-state index contributed by atoms with van der Waals surface area (Å²) in [7, 11) is 0. The van der Waals surface area contributed by atoms with Crippen molar-refractivity contribution in [2.75, 3.05) is 6.61 Å². The van der Waals surface area contributed by atoms with E-state index >= 15 is 0 Å². The average molecular weight is 294 g/mol. The Hall–Kier alpha value is -1.85. The van der Waals surface area contributed by atoms with Gasteiger partial charge in [-0.3, -0.25) is 13.9 Å². The summed E-state index contributed by atoms with van der Waals surface area (Å²) in [5.41, 5.74) is -0.902. The normalized spacial score (nSPS) is 15.9. The Morgan fingerprint density at radius 2 is 1.90 bits per heavy atom. The third-order valence-corrected chi connectivity index (χ3v) is 3.96. The molecule has 1 aliphatic carbocycles. The van der Waals surface area contributed by atoms with E-state index in [1.807, 2.05) is 6.92 Å². The van der Waals surface area contributed by atoms with E-state index in [1.54, 1.807) is 6.92 Å². The molecule has 1 heterocycles. The van der Waals surface area contributed by atoms with Crippen LogP contribution in [0.1, 0.15) is 62.4 Å². The minimum atomic E-state index is -0.658. The van der Waals surface area contributed by atoms with Crippen LogP contribution < -0.4 is 11.2 Å². The van der Waals surface area contributed by atoms with Gasteiger partial charge in [-0.05, 0) is 26.7 Å². The third-order valence-electron chi connectivity index (χ3n) is 3.96. The van der Waals surface area contributed by atoms with Gasteiger partial charge in [-0.2, -0.15) is 0 Å². The number of carbonyl (C=O) groups is 1. The van der Waals surface area contributed by atoms with Crippen molar-refractivity contribution in [1.29, 1.82) is 0 Å². The molecule has 0 unspecified atom stereocenters. The maximum Gasteiger partial charge on any atom is 0.345 e. The van der Waals surface area contributed by atoms with E-state index in [4.69, 9.17) is 4.74 Å². The van der Waals surface area contributed by atoms with Crippen LogP contribution in [0.3, 0.4) is 0 Å². The molecule has 1 aliphatic rings. The van der Waals surface area contributed by atoms with E-state index in [1.165, 1.54) is 15.3 Å². The Labute approximate surface area is 123 Å². The number of esters is 1. The molecule has 6 heteroatoms. The summed E-state index contributed by atoms with van der Waals surface area (Å²) >= 11 is 0. The van der Waals surface area contributed by atoms with Gasteiger partial charge in [-0.25, -0.2) is 9.59 Å². The molecular formula is C15H22N2O4. The highest BCUT2D eigenvalue weighted by Gasteiger charge is 2.24. The molecule has 0 atom stereocenters. The Kier molecular flexibility index (Phi) is 4.98. The van der Waals surface area contributed by atoms with Gasteiger partial charge in [-0.1, -0.05) is 19.3 Å². The van der Waals surface area contributed by atoms with Crippen molar-refractivity contribution >= 4 is 5.97 Å². The van der Waals surface area contributed by atoms with Gasteiger partial charge in [0.2, 0.25) is 0 Å². The standard InChI is InChI=1S/C15H22N2O4/c1-3-16-10-12(14(19)21-4-2)13(18)17(15(16)20)11-8-6-5-7-9-11/h10-11H,3-9H2,1-2H3. The summed E-state index contributed by atoms with van der Waals surface area (Å²) in [6.07, 6.45) is 6.08.